The van der Waals surface area contributed by atoms with Crippen molar-refractivity contribution < 1.29 is 13.9 Å². The number of piperidine rings is 1. The molecule has 32 heavy (non-hydrogen) atoms. The molecule has 0 saturated carbocycles. The van der Waals surface area contributed by atoms with Gasteiger partial charge in [0.2, 0.25) is 0 Å². The molecule has 9 nitrogen and oxygen atoms in total. The standard InChI is InChI=1S/C23H26N4O5/c1-25-18(12-20(28)26(2)23(25)30)22(29)27-10-6-8-16(14-27)21-24-13-17(32-21)11-15-7-4-5-9-19(15)31-3/h4-5,7,9,12-13,16H,6,8,10-11,14H2,1-3H3/t16-/m1/s1. The van der Waals surface area contributed by atoms with Gasteiger partial charge in [0, 0.05) is 45.2 Å². The van der Waals surface area contributed by atoms with E-state index >= 15 is 0 Å². The quantitative estimate of drug-likeness (QED) is 0.601. The van der Waals surface area contributed by atoms with Gasteiger partial charge in [-0.2, -0.15) is 0 Å². The van der Waals surface area contributed by atoms with Gasteiger partial charge in [-0.05, 0) is 18.9 Å². The molecule has 0 aliphatic carbocycles. The van der Waals surface area contributed by atoms with Crippen molar-refractivity contribution in [1.82, 2.24) is 19.0 Å². The first-order valence-corrected chi connectivity index (χ1v) is 10.5. The monoisotopic (exact) mass is 438 g/mol. The van der Waals surface area contributed by atoms with Gasteiger partial charge in [-0.1, -0.05) is 18.2 Å². The van der Waals surface area contributed by atoms with Crippen LogP contribution in [0.4, 0.5) is 0 Å². The third kappa shape index (κ3) is 4.10. The Morgan fingerprint density at radius 2 is 2.00 bits per heavy atom. The smallest absolute Gasteiger partial charge is 0.331 e. The fourth-order valence-corrected chi connectivity index (χ4v) is 4.09. The molecular weight excluding hydrogens is 412 g/mol. The van der Waals surface area contributed by atoms with Crippen molar-refractivity contribution in [3.63, 3.8) is 0 Å². The van der Waals surface area contributed by atoms with Gasteiger partial charge >= 0.3 is 5.69 Å². The number of nitrogens with zero attached hydrogens (tertiary/aromatic N) is 4. The minimum Gasteiger partial charge on any atom is -0.496 e. The molecule has 0 radical (unpaired) electrons. The van der Waals surface area contributed by atoms with E-state index in [4.69, 9.17) is 9.15 Å². The van der Waals surface area contributed by atoms with Gasteiger partial charge in [0.15, 0.2) is 5.89 Å². The number of oxazole rings is 1. The second-order valence-corrected chi connectivity index (χ2v) is 8.01. The lowest BCUT2D eigenvalue weighted by Gasteiger charge is -2.31. The Morgan fingerprint density at radius 1 is 1.22 bits per heavy atom. The summed E-state index contributed by atoms with van der Waals surface area (Å²) in [7, 11) is 4.52. The molecule has 0 N–H and O–H groups in total. The number of aromatic nitrogens is 3. The maximum absolute atomic E-state index is 13.1. The van der Waals surface area contributed by atoms with Crippen LogP contribution >= 0.6 is 0 Å². The molecule has 168 valence electrons. The fraction of sp³-hybridized carbons (Fsp3) is 0.391. The van der Waals surface area contributed by atoms with E-state index < -0.39 is 11.2 Å². The number of carbonyl (C=O) groups excluding carboxylic acids is 1. The van der Waals surface area contributed by atoms with Crippen molar-refractivity contribution >= 4 is 5.91 Å². The number of amides is 1. The molecule has 0 bridgehead atoms. The van der Waals surface area contributed by atoms with Crippen LogP contribution in [-0.4, -0.2) is 45.1 Å². The van der Waals surface area contributed by atoms with Gasteiger partial charge in [0.25, 0.3) is 11.5 Å². The van der Waals surface area contributed by atoms with Crippen molar-refractivity contribution in [3.8, 4) is 5.75 Å². The minimum atomic E-state index is -0.525. The zero-order valence-electron chi connectivity index (χ0n) is 18.4. The van der Waals surface area contributed by atoms with Gasteiger partial charge in [0.1, 0.15) is 17.2 Å². The molecule has 1 atom stereocenters. The van der Waals surface area contributed by atoms with Crippen LogP contribution in [0.3, 0.4) is 0 Å². The molecule has 1 aliphatic rings. The summed E-state index contributed by atoms with van der Waals surface area (Å²) < 4.78 is 13.6. The first-order valence-electron chi connectivity index (χ1n) is 10.5. The lowest BCUT2D eigenvalue weighted by Crippen LogP contribution is -2.44. The van der Waals surface area contributed by atoms with Crippen LogP contribution in [0.1, 0.15) is 46.5 Å². The Hall–Kier alpha value is -3.62. The van der Waals surface area contributed by atoms with E-state index in [-0.39, 0.29) is 17.5 Å². The van der Waals surface area contributed by atoms with E-state index in [0.29, 0.717) is 25.4 Å². The maximum Gasteiger partial charge on any atom is 0.331 e. The highest BCUT2D eigenvalue weighted by atomic mass is 16.5. The molecule has 1 amide bonds. The number of methoxy groups -OCH3 is 1. The molecular formula is C23H26N4O5. The molecule has 9 heteroatoms. The van der Waals surface area contributed by atoms with E-state index in [1.54, 1.807) is 18.2 Å². The van der Waals surface area contributed by atoms with E-state index in [1.807, 2.05) is 24.3 Å². The number of ether oxygens (including phenoxy) is 1. The van der Waals surface area contributed by atoms with E-state index in [2.05, 4.69) is 4.98 Å². The van der Waals surface area contributed by atoms with E-state index in [0.717, 1.165) is 34.5 Å². The Labute approximate surface area is 184 Å². The summed E-state index contributed by atoms with van der Waals surface area (Å²) in [6.07, 6.45) is 3.89. The predicted octanol–water partition coefficient (Wildman–Crippen LogP) is 1.69. The molecule has 1 aromatic carbocycles. The van der Waals surface area contributed by atoms with Crippen molar-refractivity contribution in [2.24, 2.45) is 14.1 Å². The second kappa shape index (κ2) is 8.86. The Morgan fingerprint density at radius 3 is 2.78 bits per heavy atom. The Bertz CT molecular complexity index is 1260. The zero-order chi connectivity index (χ0) is 22.8. The second-order valence-electron chi connectivity index (χ2n) is 8.01. The van der Waals surface area contributed by atoms with Crippen LogP contribution in [0.15, 0.2) is 50.5 Å². The van der Waals surface area contributed by atoms with Crippen molar-refractivity contribution in [2.45, 2.75) is 25.2 Å². The van der Waals surface area contributed by atoms with Crippen molar-refractivity contribution in [3.05, 3.63) is 80.3 Å². The minimum absolute atomic E-state index is 0.0531. The van der Waals surface area contributed by atoms with Crippen LogP contribution in [-0.2, 0) is 20.5 Å². The summed E-state index contributed by atoms with van der Waals surface area (Å²) in [5.41, 5.74) is 0.0644. The van der Waals surface area contributed by atoms with Gasteiger partial charge in [-0.15, -0.1) is 0 Å². The average Bonchev–Trinajstić information content (AvgIpc) is 3.28. The largest absolute Gasteiger partial charge is 0.496 e. The first kappa shape index (κ1) is 21.6. The highest BCUT2D eigenvalue weighted by molar-refractivity contribution is 5.92. The number of hydrogen-bond donors (Lipinski definition) is 0. The van der Waals surface area contributed by atoms with Crippen LogP contribution in [0.25, 0.3) is 0 Å². The van der Waals surface area contributed by atoms with Crippen molar-refractivity contribution in [1.29, 1.82) is 0 Å². The number of likely N-dealkylation sites (tertiary alicyclic amines) is 1. The molecule has 1 aliphatic heterocycles. The molecule has 4 rings (SSSR count). The summed E-state index contributed by atoms with van der Waals surface area (Å²) in [6.45, 7) is 0.963. The number of carbonyl (C=O) groups is 1. The molecule has 0 unspecified atom stereocenters. The van der Waals surface area contributed by atoms with Crippen LogP contribution in [0.2, 0.25) is 0 Å². The van der Waals surface area contributed by atoms with Crippen molar-refractivity contribution in [2.75, 3.05) is 20.2 Å². The maximum atomic E-state index is 13.1. The topological polar surface area (TPSA) is 99.6 Å². The molecule has 2 aromatic heterocycles. The van der Waals surface area contributed by atoms with Crippen LogP contribution in [0, 0.1) is 0 Å². The van der Waals surface area contributed by atoms with E-state index in [9.17, 15) is 14.4 Å². The Kier molecular flexibility index (Phi) is 5.98. The molecule has 1 fully saturated rings. The van der Waals surface area contributed by atoms with Crippen LogP contribution < -0.4 is 16.0 Å². The molecule has 1 saturated heterocycles. The third-order valence-corrected chi connectivity index (χ3v) is 5.93. The van der Waals surface area contributed by atoms with Crippen LogP contribution in [0.5, 0.6) is 5.75 Å². The number of rotatable bonds is 5. The highest BCUT2D eigenvalue weighted by Crippen LogP contribution is 2.29. The normalized spacial score (nSPS) is 16.2. The molecule has 3 heterocycles. The number of para-hydroxylation sites is 1. The summed E-state index contributed by atoms with van der Waals surface area (Å²) in [5, 5.41) is 0. The third-order valence-electron chi connectivity index (χ3n) is 5.93. The highest BCUT2D eigenvalue weighted by Gasteiger charge is 2.30. The first-order chi connectivity index (χ1) is 15.4. The van der Waals surface area contributed by atoms with Gasteiger partial charge < -0.3 is 14.1 Å². The fourth-order valence-electron chi connectivity index (χ4n) is 4.09. The summed E-state index contributed by atoms with van der Waals surface area (Å²) >= 11 is 0. The summed E-state index contributed by atoms with van der Waals surface area (Å²) in [4.78, 5) is 43.4. The summed E-state index contributed by atoms with van der Waals surface area (Å²) in [5.74, 6) is 1.71. The molecule has 3 aromatic rings. The molecule has 0 spiro atoms. The predicted molar refractivity (Wildman–Crippen MR) is 117 cm³/mol. The number of hydrogen-bond acceptors (Lipinski definition) is 6. The SMILES string of the molecule is COc1ccccc1Cc1cnc([C@@H]2CCCN(C(=O)c3cc(=O)n(C)c(=O)n3C)C2)o1. The lowest BCUT2D eigenvalue weighted by molar-refractivity contribution is 0.0685. The van der Waals surface area contributed by atoms with Gasteiger partial charge in [-0.25, -0.2) is 9.78 Å². The van der Waals surface area contributed by atoms with E-state index in [1.165, 1.54) is 24.7 Å². The average molecular weight is 438 g/mol. The number of benzene rings is 1. The van der Waals surface area contributed by atoms with Gasteiger partial charge in [-0.3, -0.25) is 18.7 Å². The van der Waals surface area contributed by atoms with Gasteiger partial charge in [0.05, 0.1) is 19.2 Å². The summed E-state index contributed by atoms with van der Waals surface area (Å²) in [6, 6.07) is 8.96. The zero-order valence-corrected chi connectivity index (χ0v) is 18.4. The lowest BCUT2D eigenvalue weighted by atomic mass is 9.97. The Balaban J connectivity index is 1.51.